The van der Waals surface area contributed by atoms with Crippen molar-refractivity contribution in [3.8, 4) is 0 Å². The maximum Gasteiger partial charge on any atom is 0.149 e. The highest BCUT2D eigenvalue weighted by atomic mass is 32.2. The van der Waals surface area contributed by atoms with Crippen LogP contribution in [0.5, 0.6) is 0 Å². The van der Waals surface area contributed by atoms with Gasteiger partial charge in [0.15, 0.2) is 0 Å². The highest BCUT2D eigenvalue weighted by molar-refractivity contribution is 7.90. The second-order valence-corrected chi connectivity index (χ2v) is 7.12. The van der Waals surface area contributed by atoms with E-state index in [1.807, 2.05) is 24.9 Å². The lowest BCUT2D eigenvalue weighted by Gasteiger charge is -2.19. The lowest BCUT2D eigenvalue weighted by molar-refractivity contribution is 0.601. The molecule has 0 saturated carbocycles. The van der Waals surface area contributed by atoms with Crippen LogP contribution in [0.25, 0.3) is 0 Å². The van der Waals surface area contributed by atoms with Crippen LogP contribution in [0.1, 0.15) is 26.1 Å². The van der Waals surface area contributed by atoms with Crippen LogP contribution in [-0.4, -0.2) is 50.5 Å². The molecule has 1 aromatic rings. The molecule has 7 heteroatoms. The number of aromatic nitrogens is 2. The fraction of sp³-hybridized carbons (Fsp3) is 0.692. The zero-order valence-electron chi connectivity index (χ0n) is 12.7. The number of sulfone groups is 1. The van der Waals surface area contributed by atoms with Gasteiger partial charge < -0.3 is 10.2 Å². The zero-order valence-corrected chi connectivity index (χ0v) is 13.5. The van der Waals surface area contributed by atoms with E-state index < -0.39 is 9.84 Å². The van der Waals surface area contributed by atoms with Gasteiger partial charge >= 0.3 is 0 Å². The summed E-state index contributed by atoms with van der Waals surface area (Å²) in [7, 11) is -1.12. The van der Waals surface area contributed by atoms with E-state index in [1.54, 1.807) is 0 Å². The van der Waals surface area contributed by atoms with E-state index in [1.165, 1.54) is 6.26 Å². The molecule has 1 N–H and O–H groups in total. The highest BCUT2D eigenvalue weighted by Gasteiger charge is 2.10. The van der Waals surface area contributed by atoms with Gasteiger partial charge in [-0.25, -0.2) is 18.4 Å². The van der Waals surface area contributed by atoms with Crippen LogP contribution >= 0.6 is 0 Å². The number of nitrogens with zero attached hydrogens (tertiary/aromatic N) is 3. The number of aryl methyl sites for hydroxylation is 1. The maximum absolute atomic E-state index is 11.2. The number of rotatable bonds is 8. The maximum atomic E-state index is 11.2. The van der Waals surface area contributed by atoms with E-state index in [0.717, 1.165) is 36.8 Å². The molecular formula is C13H24N4O2S. The summed E-state index contributed by atoms with van der Waals surface area (Å²) in [4.78, 5) is 10.7. The van der Waals surface area contributed by atoms with Crippen molar-refractivity contribution in [1.29, 1.82) is 0 Å². The van der Waals surface area contributed by atoms with Crippen LogP contribution in [0.4, 0.5) is 11.6 Å². The van der Waals surface area contributed by atoms with Crippen molar-refractivity contribution in [2.75, 3.05) is 42.4 Å². The Morgan fingerprint density at radius 3 is 2.55 bits per heavy atom. The number of nitrogens with one attached hydrogen (secondary N) is 1. The van der Waals surface area contributed by atoms with Crippen LogP contribution in [0.2, 0.25) is 0 Å². The molecule has 0 unspecified atom stereocenters. The summed E-state index contributed by atoms with van der Waals surface area (Å²) in [6.07, 6.45) is 3.01. The minimum Gasteiger partial charge on any atom is -0.370 e. The van der Waals surface area contributed by atoms with E-state index in [9.17, 15) is 8.42 Å². The lowest BCUT2D eigenvalue weighted by atomic mass is 10.4. The molecule has 0 radical (unpaired) electrons. The van der Waals surface area contributed by atoms with Crippen molar-refractivity contribution in [3.63, 3.8) is 0 Å². The minimum atomic E-state index is -2.97. The summed E-state index contributed by atoms with van der Waals surface area (Å²) in [5, 5.41) is 3.24. The van der Waals surface area contributed by atoms with Gasteiger partial charge in [-0.15, -0.1) is 0 Å². The summed E-state index contributed by atoms with van der Waals surface area (Å²) in [6, 6.07) is 1.86. The van der Waals surface area contributed by atoms with Gasteiger partial charge in [0.1, 0.15) is 27.3 Å². The van der Waals surface area contributed by atoms with Gasteiger partial charge in [-0.1, -0.05) is 13.8 Å². The van der Waals surface area contributed by atoms with Gasteiger partial charge in [0.2, 0.25) is 0 Å². The van der Waals surface area contributed by atoms with Crippen molar-refractivity contribution in [2.24, 2.45) is 0 Å². The first-order valence-corrected chi connectivity index (χ1v) is 8.92. The fourth-order valence-electron chi connectivity index (χ4n) is 1.60. The molecule has 1 rings (SSSR count). The Morgan fingerprint density at radius 2 is 2.00 bits per heavy atom. The van der Waals surface area contributed by atoms with E-state index >= 15 is 0 Å². The number of hydrogen-bond donors (Lipinski definition) is 1. The minimum absolute atomic E-state index is 0.118. The number of hydrogen-bond acceptors (Lipinski definition) is 6. The van der Waals surface area contributed by atoms with Crippen LogP contribution in [-0.2, 0) is 16.3 Å². The third-order valence-electron chi connectivity index (χ3n) is 2.82. The Labute approximate surface area is 121 Å². The normalized spacial score (nSPS) is 11.4. The first-order chi connectivity index (χ1) is 9.35. The van der Waals surface area contributed by atoms with E-state index in [0.29, 0.717) is 6.54 Å². The highest BCUT2D eigenvalue weighted by Crippen LogP contribution is 2.15. The summed E-state index contributed by atoms with van der Waals surface area (Å²) in [6.45, 7) is 5.37. The Kier molecular flexibility index (Phi) is 6.19. The van der Waals surface area contributed by atoms with Gasteiger partial charge in [0, 0.05) is 38.9 Å². The Hall–Kier alpha value is -1.37. The molecule has 1 aromatic heterocycles. The third kappa shape index (κ3) is 5.73. The van der Waals surface area contributed by atoms with Crippen LogP contribution in [0.3, 0.4) is 0 Å². The molecule has 0 bridgehead atoms. The number of anilines is 2. The second kappa shape index (κ2) is 7.42. The molecular weight excluding hydrogens is 276 g/mol. The van der Waals surface area contributed by atoms with Crippen LogP contribution in [0, 0.1) is 0 Å². The smallest absolute Gasteiger partial charge is 0.149 e. The predicted molar refractivity (Wildman–Crippen MR) is 83.2 cm³/mol. The van der Waals surface area contributed by atoms with Crippen molar-refractivity contribution >= 4 is 21.5 Å². The first-order valence-electron chi connectivity index (χ1n) is 6.86. The van der Waals surface area contributed by atoms with Gasteiger partial charge in [-0.05, 0) is 6.42 Å². The van der Waals surface area contributed by atoms with E-state index in [2.05, 4.69) is 22.2 Å². The third-order valence-corrected chi connectivity index (χ3v) is 3.74. The van der Waals surface area contributed by atoms with Gasteiger partial charge in [0.05, 0.1) is 5.75 Å². The molecule has 0 spiro atoms. The van der Waals surface area contributed by atoms with Gasteiger partial charge in [0.25, 0.3) is 0 Å². The lowest BCUT2D eigenvalue weighted by Crippen LogP contribution is -2.26. The van der Waals surface area contributed by atoms with E-state index in [-0.39, 0.29) is 5.75 Å². The van der Waals surface area contributed by atoms with Gasteiger partial charge in [-0.3, -0.25) is 0 Å². The average Bonchev–Trinajstić information content (AvgIpc) is 2.41. The molecule has 20 heavy (non-hydrogen) atoms. The van der Waals surface area contributed by atoms with Crippen molar-refractivity contribution < 1.29 is 8.42 Å². The van der Waals surface area contributed by atoms with Crippen molar-refractivity contribution in [1.82, 2.24) is 9.97 Å². The van der Waals surface area contributed by atoms with Crippen LogP contribution < -0.4 is 10.2 Å². The van der Waals surface area contributed by atoms with E-state index in [4.69, 9.17) is 0 Å². The monoisotopic (exact) mass is 300 g/mol. The molecule has 1 heterocycles. The summed E-state index contributed by atoms with van der Waals surface area (Å²) in [5.41, 5.74) is 0. The second-order valence-electron chi connectivity index (χ2n) is 4.86. The SMILES string of the molecule is CCCNc1cc(N(C)CCS(C)(=O)=O)nc(CC)n1. The largest absolute Gasteiger partial charge is 0.370 e. The molecule has 0 amide bonds. The Balaban J connectivity index is 2.86. The molecule has 0 aliphatic rings. The molecule has 114 valence electrons. The molecule has 0 atom stereocenters. The van der Waals surface area contributed by atoms with Gasteiger partial charge in [-0.2, -0.15) is 0 Å². The predicted octanol–water partition coefficient (Wildman–Crippen LogP) is 1.34. The Bertz CT molecular complexity index is 531. The summed E-state index contributed by atoms with van der Waals surface area (Å²) >= 11 is 0. The molecule has 0 fully saturated rings. The fourth-order valence-corrected chi connectivity index (χ4v) is 2.20. The topological polar surface area (TPSA) is 75.2 Å². The molecule has 6 nitrogen and oxygen atoms in total. The van der Waals surface area contributed by atoms with Crippen molar-refractivity contribution in [2.45, 2.75) is 26.7 Å². The average molecular weight is 300 g/mol. The quantitative estimate of drug-likeness (QED) is 0.781. The molecule has 0 aromatic carbocycles. The standard InChI is InChI=1S/C13H24N4O2S/c1-5-7-14-12-10-13(16-11(6-2)15-12)17(3)8-9-20(4,18)19/h10H,5-9H2,1-4H3,(H,14,15,16). The molecule has 0 aliphatic heterocycles. The Morgan fingerprint density at radius 1 is 1.30 bits per heavy atom. The summed E-state index contributed by atoms with van der Waals surface area (Å²) < 4.78 is 22.5. The molecule has 0 saturated heterocycles. The summed E-state index contributed by atoms with van der Waals surface area (Å²) in [5.74, 6) is 2.42. The first kappa shape index (κ1) is 16.7. The van der Waals surface area contributed by atoms with Crippen LogP contribution in [0.15, 0.2) is 6.07 Å². The zero-order chi connectivity index (χ0) is 15.2. The van der Waals surface area contributed by atoms with Crippen molar-refractivity contribution in [3.05, 3.63) is 11.9 Å². The molecule has 0 aliphatic carbocycles.